The number of nitrogens with one attached hydrogen (secondary N) is 2. The van der Waals surface area contributed by atoms with Crippen LogP contribution in [0.4, 0.5) is 11.8 Å². The van der Waals surface area contributed by atoms with Gasteiger partial charge in [0, 0.05) is 25.4 Å². The van der Waals surface area contributed by atoms with Crippen molar-refractivity contribution in [2.75, 3.05) is 17.7 Å². The van der Waals surface area contributed by atoms with E-state index >= 15 is 0 Å². The number of anilines is 2. The molecule has 7 nitrogen and oxygen atoms in total. The van der Waals surface area contributed by atoms with E-state index in [4.69, 9.17) is 10.5 Å². The first kappa shape index (κ1) is 17.0. The smallest absolute Gasteiger partial charge is 0.254 e. The van der Waals surface area contributed by atoms with Gasteiger partial charge in [0.25, 0.3) is 5.91 Å². The molecule has 1 aromatic heterocycles. The van der Waals surface area contributed by atoms with Gasteiger partial charge in [0.1, 0.15) is 5.82 Å². The molecule has 0 radical (unpaired) electrons. The molecule has 4 N–H and O–H groups in total. The first-order valence-corrected chi connectivity index (χ1v) is 8.88. The Kier molecular flexibility index (Phi) is 5.50. The molecule has 1 amide bonds. The standard InChI is InChI=1S/C17H27N5O2/c1-24-13-8-6-12(7-9-13)20-16-14(15(18)23)10-19-17(22-16)21-11-4-2-3-5-11/h10-13H,2-9H2,1H3,(H2,18,23)(H2,19,20,21,22). The van der Waals surface area contributed by atoms with E-state index in [1.54, 1.807) is 7.11 Å². The third-order valence-electron chi connectivity index (χ3n) is 5.09. The van der Waals surface area contributed by atoms with Gasteiger partial charge >= 0.3 is 0 Å². The van der Waals surface area contributed by atoms with Gasteiger partial charge in [0.2, 0.25) is 5.95 Å². The summed E-state index contributed by atoms with van der Waals surface area (Å²) in [6.07, 6.45) is 10.6. The number of nitrogens with zero attached hydrogens (tertiary/aromatic N) is 2. The molecule has 3 rings (SSSR count). The number of ether oxygens (including phenoxy) is 1. The first-order valence-electron chi connectivity index (χ1n) is 8.88. The van der Waals surface area contributed by atoms with Crippen LogP contribution >= 0.6 is 0 Å². The summed E-state index contributed by atoms with van der Waals surface area (Å²) in [7, 11) is 1.76. The molecule has 2 fully saturated rings. The van der Waals surface area contributed by atoms with Gasteiger partial charge in [-0.25, -0.2) is 4.98 Å². The average Bonchev–Trinajstić information content (AvgIpc) is 3.08. The molecule has 0 bridgehead atoms. The van der Waals surface area contributed by atoms with Gasteiger partial charge in [-0.1, -0.05) is 12.8 Å². The fraction of sp³-hybridized carbons (Fsp3) is 0.706. The number of nitrogens with two attached hydrogens (primary N) is 1. The number of methoxy groups -OCH3 is 1. The normalized spacial score (nSPS) is 24.7. The maximum Gasteiger partial charge on any atom is 0.254 e. The van der Waals surface area contributed by atoms with Crippen LogP contribution < -0.4 is 16.4 Å². The number of amides is 1. The van der Waals surface area contributed by atoms with Crippen molar-refractivity contribution in [1.82, 2.24) is 9.97 Å². The molecule has 0 aliphatic heterocycles. The third kappa shape index (κ3) is 4.14. The quantitative estimate of drug-likeness (QED) is 0.738. The molecule has 0 aromatic carbocycles. The molecule has 0 spiro atoms. The largest absolute Gasteiger partial charge is 0.381 e. The van der Waals surface area contributed by atoms with Crippen LogP contribution in [0.5, 0.6) is 0 Å². The summed E-state index contributed by atoms with van der Waals surface area (Å²) in [5.74, 6) is 0.606. The minimum Gasteiger partial charge on any atom is -0.381 e. The molecular formula is C17H27N5O2. The van der Waals surface area contributed by atoms with Gasteiger partial charge in [-0.05, 0) is 38.5 Å². The van der Waals surface area contributed by atoms with E-state index in [1.165, 1.54) is 19.0 Å². The van der Waals surface area contributed by atoms with Crippen LogP contribution in [0.15, 0.2) is 6.20 Å². The SMILES string of the molecule is COC1CCC(Nc2nc(NC3CCCC3)ncc2C(N)=O)CC1. The fourth-order valence-corrected chi connectivity index (χ4v) is 3.63. The predicted octanol–water partition coefficient (Wildman–Crippen LogP) is 2.30. The highest BCUT2D eigenvalue weighted by Crippen LogP contribution is 2.26. The van der Waals surface area contributed by atoms with E-state index in [0.29, 0.717) is 29.5 Å². The number of carbonyl (C=O) groups excluding carboxylic acids is 1. The van der Waals surface area contributed by atoms with Crippen LogP contribution in [0.25, 0.3) is 0 Å². The van der Waals surface area contributed by atoms with Gasteiger partial charge in [-0.2, -0.15) is 4.98 Å². The predicted molar refractivity (Wildman–Crippen MR) is 93.1 cm³/mol. The van der Waals surface area contributed by atoms with Crippen molar-refractivity contribution in [2.45, 2.75) is 69.6 Å². The summed E-state index contributed by atoms with van der Waals surface area (Å²) in [4.78, 5) is 20.5. The van der Waals surface area contributed by atoms with Gasteiger partial charge < -0.3 is 21.1 Å². The molecule has 0 saturated heterocycles. The molecule has 1 aromatic rings. The summed E-state index contributed by atoms with van der Waals surface area (Å²) < 4.78 is 5.41. The van der Waals surface area contributed by atoms with Crippen LogP contribution in [0.3, 0.4) is 0 Å². The zero-order valence-electron chi connectivity index (χ0n) is 14.3. The van der Waals surface area contributed by atoms with Crippen LogP contribution in [0.1, 0.15) is 61.7 Å². The van der Waals surface area contributed by atoms with E-state index in [9.17, 15) is 4.79 Å². The summed E-state index contributed by atoms with van der Waals surface area (Å²) in [6.45, 7) is 0. The topological polar surface area (TPSA) is 102 Å². The zero-order valence-corrected chi connectivity index (χ0v) is 14.3. The lowest BCUT2D eigenvalue weighted by Gasteiger charge is -2.29. The summed E-state index contributed by atoms with van der Waals surface area (Å²) in [5, 5.41) is 6.76. The molecule has 2 saturated carbocycles. The second-order valence-electron chi connectivity index (χ2n) is 6.80. The Labute approximate surface area is 142 Å². The van der Waals surface area contributed by atoms with Crippen LogP contribution in [-0.4, -0.2) is 41.2 Å². The molecule has 0 unspecified atom stereocenters. The monoisotopic (exact) mass is 333 g/mol. The maximum atomic E-state index is 11.7. The molecule has 2 aliphatic carbocycles. The fourth-order valence-electron chi connectivity index (χ4n) is 3.63. The van der Waals surface area contributed by atoms with Gasteiger partial charge in [0.05, 0.1) is 11.7 Å². The average molecular weight is 333 g/mol. The van der Waals surface area contributed by atoms with Crippen molar-refractivity contribution >= 4 is 17.7 Å². The van der Waals surface area contributed by atoms with E-state index in [-0.39, 0.29) is 6.04 Å². The molecule has 7 heteroatoms. The van der Waals surface area contributed by atoms with Crippen molar-refractivity contribution in [3.63, 3.8) is 0 Å². The van der Waals surface area contributed by atoms with Gasteiger partial charge in [-0.3, -0.25) is 4.79 Å². The summed E-state index contributed by atoms with van der Waals surface area (Å²) >= 11 is 0. The number of rotatable bonds is 6. The highest BCUT2D eigenvalue weighted by molar-refractivity contribution is 5.97. The highest BCUT2D eigenvalue weighted by atomic mass is 16.5. The minimum atomic E-state index is -0.504. The lowest BCUT2D eigenvalue weighted by Crippen LogP contribution is -2.31. The molecule has 132 valence electrons. The Morgan fingerprint density at radius 3 is 2.42 bits per heavy atom. The zero-order chi connectivity index (χ0) is 16.9. The van der Waals surface area contributed by atoms with Crippen molar-refractivity contribution in [3.05, 3.63) is 11.8 Å². The van der Waals surface area contributed by atoms with Gasteiger partial charge in [-0.15, -0.1) is 0 Å². The number of aromatic nitrogens is 2. The van der Waals surface area contributed by atoms with E-state index in [0.717, 1.165) is 38.5 Å². The van der Waals surface area contributed by atoms with Crippen molar-refractivity contribution < 1.29 is 9.53 Å². The minimum absolute atomic E-state index is 0.281. The summed E-state index contributed by atoms with van der Waals surface area (Å²) in [6, 6.07) is 0.707. The highest BCUT2D eigenvalue weighted by Gasteiger charge is 2.23. The lowest BCUT2D eigenvalue weighted by atomic mass is 9.93. The number of primary amides is 1. The Hall–Kier alpha value is -1.89. The molecule has 0 atom stereocenters. The molecule has 1 heterocycles. The maximum absolute atomic E-state index is 11.7. The Bertz CT molecular complexity index is 566. The number of hydrogen-bond donors (Lipinski definition) is 3. The Balaban J connectivity index is 1.70. The van der Waals surface area contributed by atoms with Crippen molar-refractivity contribution in [2.24, 2.45) is 5.73 Å². The number of carbonyl (C=O) groups is 1. The first-order chi connectivity index (χ1) is 11.7. The second kappa shape index (κ2) is 7.79. The molecular weight excluding hydrogens is 306 g/mol. The van der Waals surface area contributed by atoms with E-state index in [1.807, 2.05) is 0 Å². The molecule has 24 heavy (non-hydrogen) atoms. The van der Waals surface area contributed by atoms with Crippen molar-refractivity contribution in [3.8, 4) is 0 Å². The Morgan fingerprint density at radius 2 is 1.79 bits per heavy atom. The number of hydrogen-bond acceptors (Lipinski definition) is 6. The second-order valence-corrected chi connectivity index (χ2v) is 6.80. The van der Waals surface area contributed by atoms with E-state index < -0.39 is 5.91 Å². The van der Waals surface area contributed by atoms with Crippen molar-refractivity contribution in [1.29, 1.82) is 0 Å². The summed E-state index contributed by atoms with van der Waals surface area (Å²) in [5.41, 5.74) is 5.83. The van der Waals surface area contributed by atoms with Crippen LogP contribution in [0.2, 0.25) is 0 Å². The molecule has 2 aliphatic rings. The van der Waals surface area contributed by atoms with Crippen LogP contribution in [0, 0.1) is 0 Å². The third-order valence-corrected chi connectivity index (χ3v) is 5.09. The van der Waals surface area contributed by atoms with Gasteiger partial charge in [0.15, 0.2) is 0 Å². The van der Waals surface area contributed by atoms with E-state index in [2.05, 4.69) is 20.6 Å². The lowest BCUT2D eigenvalue weighted by molar-refractivity contribution is 0.0681. The van der Waals surface area contributed by atoms with Crippen LogP contribution in [-0.2, 0) is 4.74 Å². The Morgan fingerprint density at radius 1 is 1.12 bits per heavy atom.